The number of carbonyl (C=O) groups is 1. The van der Waals surface area contributed by atoms with E-state index in [9.17, 15) is 4.79 Å². The average molecular weight is 317 g/mol. The highest BCUT2D eigenvalue weighted by atomic mass is 16.5. The molecule has 1 saturated heterocycles. The Kier molecular flexibility index (Phi) is 5.55. The highest BCUT2D eigenvalue weighted by Gasteiger charge is 2.29. The normalized spacial score (nSPS) is 20.0. The van der Waals surface area contributed by atoms with Crippen LogP contribution in [0.15, 0.2) is 24.3 Å². The molecule has 126 valence electrons. The van der Waals surface area contributed by atoms with Gasteiger partial charge in [-0.15, -0.1) is 0 Å². The molecule has 2 fully saturated rings. The van der Waals surface area contributed by atoms with Crippen molar-refractivity contribution < 1.29 is 14.3 Å². The summed E-state index contributed by atoms with van der Waals surface area (Å²) in [5.74, 6) is 0.726. The van der Waals surface area contributed by atoms with Crippen molar-refractivity contribution in [2.75, 3.05) is 19.7 Å². The van der Waals surface area contributed by atoms with E-state index in [-0.39, 0.29) is 5.97 Å². The molecule has 1 aliphatic carbocycles. The minimum absolute atomic E-state index is 0.176. The quantitative estimate of drug-likeness (QED) is 0.755. The van der Waals surface area contributed by atoms with Crippen molar-refractivity contribution in [3.05, 3.63) is 29.8 Å². The Morgan fingerprint density at radius 2 is 1.83 bits per heavy atom. The van der Waals surface area contributed by atoms with E-state index < -0.39 is 0 Å². The molecule has 1 heterocycles. The van der Waals surface area contributed by atoms with Crippen molar-refractivity contribution in [2.24, 2.45) is 0 Å². The van der Waals surface area contributed by atoms with Gasteiger partial charge in [-0.3, -0.25) is 4.79 Å². The third-order valence-corrected chi connectivity index (χ3v) is 4.95. The van der Waals surface area contributed by atoms with Gasteiger partial charge >= 0.3 is 5.97 Å². The average Bonchev–Trinajstić information content (AvgIpc) is 2.50. The molecule has 23 heavy (non-hydrogen) atoms. The van der Waals surface area contributed by atoms with E-state index in [1.807, 2.05) is 31.2 Å². The number of rotatable bonds is 6. The Morgan fingerprint density at radius 1 is 1.13 bits per heavy atom. The summed E-state index contributed by atoms with van der Waals surface area (Å²) >= 11 is 0. The van der Waals surface area contributed by atoms with Crippen LogP contribution in [0.5, 0.6) is 5.75 Å². The van der Waals surface area contributed by atoms with Gasteiger partial charge in [0.15, 0.2) is 0 Å². The molecule has 1 saturated carbocycles. The molecule has 1 aliphatic heterocycles. The number of hydrogen-bond donors (Lipinski definition) is 0. The van der Waals surface area contributed by atoms with Crippen LogP contribution in [-0.4, -0.2) is 42.7 Å². The van der Waals surface area contributed by atoms with Crippen molar-refractivity contribution in [3.8, 4) is 5.75 Å². The predicted octanol–water partition coefficient (Wildman–Crippen LogP) is 3.19. The van der Waals surface area contributed by atoms with Crippen LogP contribution in [-0.2, 0) is 16.0 Å². The van der Waals surface area contributed by atoms with Crippen LogP contribution in [0.2, 0.25) is 0 Å². The number of piperidine rings is 1. The molecule has 0 aromatic heterocycles. The standard InChI is InChI=1S/C19H27NO3/c1-2-22-19(21)14-15-6-8-17(9-7-15)23-18-10-12-20(13-11-18)16-4-3-5-16/h6-9,16,18H,2-5,10-14H2,1H3. The maximum absolute atomic E-state index is 11.5. The van der Waals surface area contributed by atoms with E-state index in [1.54, 1.807) is 0 Å². The Hall–Kier alpha value is -1.55. The van der Waals surface area contributed by atoms with Gasteiger partial charge < -0.3 is 14.4 Å². The molecule has 0 unspecified atom stereocenters. The molecule has 1 aromatic rings. The highest BCUT2D eigenvalue weighted by molar-refractivity contribution is 5.72. The van der Waals surface area contributed by atoms with Gasteiger partial charge in [0.25, 0.3) is 0 Å². The van der Waals surface area contributed by atoms with E-state index in [0.717, 1.165) is 43.3 Å². The summed E-state index contributed by atoms with van der Waals surface area (Å²) in [6, 6.07) is 8.68. The smallest absolute Gasteiger partial charge is 0.310 e. The molecule has 0 atom stereocenters. The van der Waals surface area contributed by atoms with Crippen molar-refractivity contribution in [2.45, 2.75) is 57.6 Å². The molecule has 4 nitrogen and oxygen atoms in total. The molecule has 0 radical (unpaired) electrons. The van der Waals surface area contributed by atoms with Gasteiger partial charge in [-0.2, -0.15) is 0 Å². The number of likely N-dealkylation sites (tertiary alicyclic amines) is 1. The second kappa shape index (κ2) is 7.82. The molecule has 0 amide bonds. The fraction of sp³-hybridized carbons (Fsp3) is 0.632. The lowest BCUT2D eigenvalue weighted by Gasteiger charge is -2.41. The van der Waals surface area contributed by atoms with Crippen LogP contribution in [0.4, 0.5) is 0 Å². The monoisotopic (exact) mass is 317 g/mol. The molecular weight excluding hydrogens is 290 g/mol. The van der Waals surface area contributed by atoms with E-state index in [4.69, 9.17) is 9.47 Å². The number of hydrogen-bond acceptors (Lipinski definition) is 4. The molecular formula is C19H27NO3. The predicted molar refractivity (Wildman–Crippen MR) is 89.6 cm³/mol. The molecule has 0 spiro atoms. The van der Waals surface area contributed by atoms with Crippen LogP contribution >= 0.6 is 0 Å². The first-order chi connectivity index (χ1) is 11.2. The zero-order valence-corrected chi connectivity index (χ0v) is 14.0. The van der Waals surface area contributed by atoms with Gasteiger partial charge in [0.05, 0.1) is 13.0 Å². The summed E-state index contributed by atoms with van der Waals surface area (Å²) in [7, 11) is 0. The van der Waals surface area contributed by atoms with Gasteiger partial charge in [0.1, 0.15) is 11.9 Å². The second-order valence-electron chi connectivity index (χ2n) is 6.56. The minimum atomic E-state index is -0.176. The van der Waals surface area contributed by atoms with Crippen LogP contribution in [0.3, 0.4) is 0 Å². The number of carbonyl (C=O) groups excluding carboxylic acids is 1. The first kappa shape index (κ1) is 16.3. The fourth-order valence-electron chi connectivity index (χ4n) is 3.37. The molecule has 0 bridgehead atoms. The van der Waals surface area contributed by atoms with Crippen LogP contribution in [0.25, 0.3) is 0 Å². The number of esters is 1. The third-order valence-electron chi connectivity index (χ3n) is 4.95. The van der Waals surface area contributed by atoms with E-state index >= 15 is 0 Å². The zero-order valence-electron chi connectivity index (χ0n) is 14.0. The Balaban J connectivity index is 1.44. The van der Waals surface area contributed by atoms with E-state index in [1.165, 1.54) is 19.3 Å². The molecule has 3 rings (SSSR count). The maximum Gasteiger partial charge on any atom is 0.310 e. The fourth-order valence-corrected chi connectivity index (χ4v) is 3.37. The Labute approximate surface area is 138 Å². The van der Waals surface area contributed by atoms with Crippen LogP contribution < -0.4 is 4.74 Å². The van der Waals surface area contributed by atoms with Crippen LogP contribution in [0.1, 0.15) is 44.6 Å². The van der Waals surface area contributed by atoms with Crippen molar-refractivity contribution in [3.63, 3.8) is 0 Å². The van der Waals surface area contributed by atoms with Gasteiger partial charge in [-0.05, 0) is 50.3 Å². The number of ether oxygens (including phenoxy) is 2. The molecule has 0 N–H and O–H groups in total. The van der Waals surface area contributed by atoms with Crippen molar-refractivity contribution >= 4 is 5.97 Å². The van der Waals surface area contributed by atoms with Crippen LogP contribution in [0, 0.1) is 0 Å². The lowest BCUT2D eigenvalue weighted by molar-refractivity contribution is -0.142. The summed E-state index contributed by atoms with van der Waals surface area (Å²) in [5, 5.41) is 0. The number of benzene rings is 1. The molecule has 1 aromatic carbocycles. The lowest BCUT2D eigenvalue weighted by Crippen LogP contribution is -2.46. The first-order valence-electron chi connectivity index (χ1n) is 8.90. The van der Waals surface area contributed by atoms with Gasteiger partial charge in [0, 0.05) is 19.1 Å². The van der Waals surface area contributed by atoms with Gasteiger partial charge in [-0.1, -0.05) is 18.6 Å². The summed E-state index contributed by atoms with van der Waals surface area (Å²) in [5.41, 5.74) is 0.968. The molecule has 4 heteroatoms. The third kappa shape index (κ3) is 4.47. The maximum atomic E-state index is 11.5. The van der Waals surface area contributed by atoms with Crippen molar-refractivity contribution in [1.29, 1.82) is 0 Å². The lowest BCUT2D eigenvalue weighted by atomic mass is 9.90. The zero-order chi connectivity index (χ0) is 16.1. The molecule has 2 aliphatic rings. The first-order valence-corrected chi connectivity index (χ1v) is 8.90. The van der Waals surface area contributed by atoms with E-state index in [0.29, 0.717) is 19.1 Å². The SMILES string of the molecule is CCOC(=O)Cc1ccc(OC2CCN(C3CCC3)CC2)cc1. The van der Waals surface area contributed by atoms with Gasteiger partial charge in [-0.25, -0.2) is 0 Å². The summed E-state index contributed by atoms with van der Waals surface area (Å²) in [4.78, 5) is 14.1. The minimum Gasteiger partial charge on any atom is -0.490 e. The second-order valence-corrected chi connectivity index (χ2v) is 6.56. The van der Waals surface area contributed by atoms with E-state index in [2.05, 4.69) is 4.90 Å². The number of nitrogens with zero attached hydrogens (tertiary/aromatic N) is 1. The Morgan fingerprint density at radius 3 is 2.39 bits per heavy atom. The summed E-state index contributed by atoms with van der Waals surface area (Å²) in [6.45, 7) is 4.58. The highest BCUT2D eigenvalue weighted by Crippen LogP contribution is 2.28. The van der Waals surface area contributed by atoms with Crippen molar-refractivity contribution in [1.82, 2.24) is 4.90 Å². The Bertz CT molecular complexity index is 502. The largest absolute Gasteiger partial charge is 0.490 e. The topological polar surface area (TPSA) is 38.8 Å². The summed E-state index contributed by atoms with van der Waals surface area (Å²) < 4.78 is 11.1. The summed E-state index contributed by atoms with van der Waals surface area (Å²) in [6.07, 6.45) is 7.04. The van der Waals surface area contributed by atoms with Gasteiger partial charge in [0.2, 0.25) is 0 Å².